The van der Waals surface area contributed by atoms with Gasteiger partial charge >= 0.3 is 11.7 Å². The highest BCUT2D eigenvalue weighted by Crippen LogP contribution is 2.27. The first kappa shape index (κ1) is 25.7. The summed E-state index contributed by atoms with van der Waals surface area (Å²) in [6.07, 6.45) is 6.64. The number of aromatic nitrogens is 2. The Morgan fingerprint density at radius 2 is 1.67 bits per heavy atom. The van der Waals surface area contributed by atoms with E-state index in [1.54, 1.807) is 22.8 Å². The van der Waals surface area contributed by atoms with Gasteiger partial charge in [-0.15, -0.1) is 0 Å². The average Bonchev–Trinajstić information content (AvgIpc) is 3.11. The Balaban J connectivity index is 1.67. The second kappa shape index (κ2) is 11.1. The fraction of sp³-hybridized carbons (Fsp3) is 0.433. The lowest BCUT2D eigenvalue weighted by molar-refractivity contribution is 0.0697. The molecule has 0 amide bonds. The molecule has 2 aromatic carbocycles. The van der Waals surface area contributed by atoms with Crippen LogP contribution in [-0.4, -0.2) is 26.1 Å². The maximum Gasteiger partial charge on any atom is 0.336 e. The average molecular weight is 489 g/mol. The van der Waals surface area contributed by atoms with E-state index in [4.69, 9.17) is 0 Å². The second-order valence-corrected chi connectivity index (χ2v) is 10.4. The zero-order valence-corrected chi connectivity index (χ0v) is 21.5. The first-order valence-corrected chi connectivity index (χ1v) is 13.0. The number of carbonyl (C=O) groups is 2. The Hall–Kier alpha value is -3.41. The fourth-order valence-corrected chi connectivity index (χ4v) is 5.29. The van der Waals surface area contributed by atoms with Crippen molar-refractivity contribution >= 4 is 11.9 Å². The number of carboxylic acid groups (broad SMARTS) is 1. The molecule has 190 valence electrons. The van der Waals surface area contributed by atoms with Crippen molar-refractivity contribution in [2.24, 2.45) is 11.8 Å². The first-order valence-electron chi connectivity index (χ1n) is 13.0. The standard InChI is InChI=1S/C30H36N2O4/c1-20(2)13-18-27-21(3)32(28(33)24-9-5-4-6-10-24)30(36)31(27)19-22-14-16-23(17-15-22)25-11-7-8-12-26(25)29(34)35/h7-8,11-12,14-17,20,24H,4-6,9-10,13,18-19H2,1-3H3,(H,34,35). The fourth-order valence-electron chi connectivity index (χ4n) is 5.29. The molecule has 4 rings (SSSR count). The molecule has 36 heavy (non-hydrogen) atoms. The third-order valence-electron chi connectivity index (χ3n) is 7.40. The van der Waals surface area contributed by atoms with E-state index in [0.29, 0.717) is 18.0 Å². The topological polar surface area (TPSA) is 81.3 Å². The Bertz CT molecular complexity index is 1290. The molecule has 6 nitrogen and oxygen atoms in total. The summed E-state index contributed by atoms with van der Waals surface area (Å²) < 4.78 is 3.20. The van der Waals surface area contributed by atoms with Crippen molar-refractivity contribution < 1.29 is 14.7 Å². The molecule has 1 heterocycles. The Kier molecular flexibility index (Phi) is 7.92. The number of carbonyl (C=O) groups excluding carboxylic acids is 1. The van der Waals surface area contributed by atoms with Crippen LogP contribution in [0.5, 0.6) is 0 Å². The monoisotopic (exact) mass is 488 g/mol. The van der Waals surface area contributed by atoms with Crippen molar-refractivity contribution in [1.29, 1.82) is 0 Å². The summed E-state index contributed by atoms with van der Waals surface area (Å²) in [7, 11) is 0. The van der Waals surface area contributed by atoms with Crippen LogP contribution in [0.2, 0.25) is 0 Å². The molecule has 0 radical (unpaired) electrons. The maximum atomic E-state index is 13.6. The predicted molar refractivity (Wildman–Crippen MR) is 142 cm³/mol. The molecule has 0 atom stereocenters. The van der Waals surface area contributed by atoms with Crippen LogP contribution in [0.3, 0.4) is 0 Å². The first-order chi connectivity index (χ1) is 17.3. The molecule has 0 spiro atoms. The number of imidazole rings is 1. The van der Waals surface area contributed by atoms with Crippen molar-refractivity contribution in [3.8, 4) is 11.1 Å². The van der Waals surface area contributed by atoms with Gasteiger partial charge in [0.1, 0.15) is 0 Å². The van der Waals surface area contributed by atoms with Gasteiger partial charge < -0.3 is 5.11 Å². The number of hydrogen-bond acceptors (Lipinski definition) is 3. The zero-order valence-electron chi connectivity index (χ0n) is 21.5. The van der Waals surface area contributed by atoms with Gasteiger partial charge in [0.2, 0.25) is 5.91 Å². The summed E-state index contributed by atoms with van der Waals surface area (Å²) >= 11 is 0. The highest BCUT2D eigenvalue weighted by molar-refractivity contribution is 5.96. The molecule has 0 aliphatic heterocycles. The van der Waals surface area contributed by atoms with Crippen LogP contribution in [-0.2, 0) is 13.0 Å². The lowest BCUT2D eigenvalue weighted by atomic mass is 9.88. The van der Waals surface area contributed by atoms with E-state index in [1.807, 2.05) is 37.3 Å². The van der Waals surface area contributed by atoms with Crippen LogP contribution in [0.25, 0.3) is 11.1 Å². The number of hydrogen-bond donors (Lipinski definition) is 1. The van der Waals surface area contributed by atoms with Gasteiger partial charge in [-0.1, -0.05) is 75.6 Å². The summed E-state index contributed by atoms with van der Waals surface area (Å²) in [5.74, 6) is -0.602. The number of carboxylic acids is 1. The van der Waals surface area contributed by atoms with Crippen molar-refractivity contribution in [1.82, 2.24) is 9.13 Å². The summed E-state index contributed by atoms with van der Waals surface area (Å²) in [5, 5.41) is 9.53. The van der Waals surface area contributed by atoms with E-state index in [1.165, 1.54) is 4.57 Å². The minimum absolute atomic E-state index is 0.0534. The number of aromatic carboxylic acids is 1. The van der Waals surface area contributed by atoms with Gasteiger partial charge in [0.15, 0.2) is 0 Å². The van der Waals surface area contributed by atoms with Crippen LogP contribution in [0.4, 0.5) is 0 Å². The highest BCUT2D eigenvalue weighted by Gasteiger charge is 2.28. The van der Waals surface area contributed by atoms with E-state index >= 15 is 0 Å². The molecular formula is C30H36N2O4. The minimum Gasteiger partial charge on any atom is -0.478 e. The summed E-state index contributed by atoms with van der Waals surface area (Å²) in [6.45, 7) is 6.60. The van der Waals surface area contributed by atoms with Gasteiger partial charge in [-0.25, -0.2) is 14.2 Å². The zero-order chi connectivity index (χ0) is 25.8. The van der Waals surface area contributed by atoms with E-state index in [9.17, 15) is 19.5 Å². The molecular weight excluding hydrogens is 452 g/mol. The summed E-state index contributed by atoms with van der Waals surface area (Å²) in [5.41, 5.74) is 4.10. The molecule has 1 aliphatic rings. The predicted octanol–water partition coefficient (Wildman–Crippen LogP) is 6.18. The smallest absolute Gasteiger partial charge is 0.336 e. The van der Waals surface area contributed by atoms with Gasteiger partial charge in [-0.3, -0.25) is 9.36 Å². The third-order valence-corrected chi connectivity index (χ3v) is 7.40. The van der Waals surface area contributed by atoms with Gasteiger partial charge in [0.25, 0.3) is 0 Å². The Morgan fingerprint density at radius 1 is 1.00 bits per heavy atom. The maximum absolute atomic E-state index is 13.6. The minimum atomic E-state index is -0.963. The lowest BCUT2D eigenvalue weighted by Crippen LogP contribution is -2.34. The number of nitrogens with zero attached hydrogens (tertiary/aromatic N) is 2. The van der Waals surface area contributed by atoms with E-state index in [-0.39, 0.29) is 23.1 Å². The van der Waals surface area contributed by atoms with Crippen LogP contribution in [0.15, 0.2) is 53.3 Å². The van der Waals surface area contributed by atoms with Crippen molar-refractivity contribution in [2.45, 2.75) is 72.3 Å². The molecule has 1 fully saturated rings. The number of benzene rings is 2. The van der Waals surface area contributed by atoms with E-state index < -0.39 is 5.97 Å². The molecule has 0 saturated heterocycles. The van der Waals surface area contributed by atoms with Gasteiger partial charge in [-0.2, -0.15) is 0 Å². The SMILES string of the molecule is Cc1c(CCC(C)C)n(Cc2ccc(-c3ccccc3C(=O)O)cc2)c(=O)n1C(=O)C1CCCCC1. The lowest BCUT2D eigenvalue weighted by Gasteiger charge is -2.20. The Labute approximate surface area is 212 Å². The van der Waals surface area contributed by atoms with E-state index in [0.717, 1.165) is 67.5 Å². The number of rotatable bonds is 8. The second-order valence-electron chi connectivity index (χ2n) is 10.4. The molecule has 1 aliphatic carbocycles. The van der Waals surface area contributed by atoms with Gasteiger partial charge in [-0.05, 0) is 61.3 Å². The van der Waals surface area contributed by atoms with Crippen LogP contribution in [0, 0.1) is 18.8 Å². The summed E-state index contributed by atoms with van der Waals surface area (Å²) in [6, 6.07) is 14.6. The molecule has 1 N–H and O–H groups in total. The van der Waals surface area contributed by atoms with Crippen molar-refractivity contribution in [3.05, 3.63) is 81.5 Å². The van der Waals surface area contributed by atoms with Crippen molar-refractivity contribution in [3.63, 3.8) is 0 Å². The van der Waals surface area contributed by atoms with E-state index in [2.05, 4.69) is 13.8 Å². The highest BCUT2D eigenvalue weighted by atomic mass is 16.4. The molecule has 1 saturated carbocycles. The summed E-state index contributed by atoms with van der Waals surface area (Å²) in [4.78, 5) is 38.6. The van der Waals surface area contributed by atoms with Crippen LogP contribution < -0.4 is 5.69 Å². The molecule has 6 heteroatoms. The normalized spacial score (nSPS) is 14.3. The molecule has 1 aromatic heterocycles. The van der Waals surface area contributed by atoms with Gasteiger partial charge in [0, 0.05) is 17.3 Å². The largest absolute Gasteiger partial charge is 0.478 e. The molecule has 0 unspecified atom stereocenters. The van der Waals surface area contributed by atoms with Crippen LogP contribution >= 0.6 is 0 Å². The van der Waals surface area contributed by atoms with Crippen LogP contribution in [0.1, 0.15) is 84.5 Å². The Morgan fingerprint density at radius 3 is 2.31 bits per heavy atom. The quantitative estimate of drug-likeness (QED) is 0.410. The molecule has 0 bridgehead atoms. The van der Waals surface area contributed by atoms with Gasteiger partial charge in [0.05, 0.1) is 12.1 Å². The van der Waals surface area contributed by atoms with Crippen molar-refractivity contribution in [2.75, 3.05) is 0 Å². The molecule has 3 aromatic rings. The third kappa shape index (κ3) is 5.38.